The van der Waals surface area contributed by atoms with E-state index in [-0.39, 0.29) is 23.8 Å². The molecule has 1 saturated carbocycles. The summed E-state index contributed by atoms with van der Waals surface area (Å²) in [7, 11) is 1.62. The highest BCUT2D eigenvalue weighted by atomic mass is 79.9. The lowest BCUT2D eigenvalue weighted by molar-refractivity contribution is -0.153. The minimum absolute atomic E-state index is 0.0535. The van der Waals surface area contributed by atoms with Crippen molar-refractivity contribution in [3.8, 4) is 5.75 Å². The number of ether oxygens (including phenoxy) is 2. The van der Waals surface area contributed by atoms with Crippen molar-refractivity contribution in [2.45, 2.75) is 69.8 Å². The first-order valence-electron chi connectivity index (χ1n) is 12.9. The molecule has 0 N–H and O–H groups in total. The Kier molecular flexibility index (Phi) is 7.42. The Hall–Kier alpha value is -2.73. The molecule has 0 amide bonds. The van der Waals surface area contributed by atoms with E-state index in [4.69, 9.17) is 14.5 Å². The molecule has 1 heterocycles. The van der Waals surface area contributed by atoms with Crippen molar-refractivity contribution in [1.82, 2.24) is 0 Å². The normalized spacial score (nSPS) is 24.7. The summed E-state index contributed by atoms with van der Waals surface area (Å²) in [4.78, 5) is 32.3. The second kappa shape index (κ2) is 10.7. The zero-order valence-corrected chi connectivity index (χ0v) is 22.4. The van der Waals surface area contributed by atoms with Gasteiger partial charge in [0.2, 0.25) is 0 Å². The largest absolute Gasteiger partial charge is 0.496 e. The molecule has 5 nitrogen and oxygen atoms in total. The summed E-state index contributed by atoms with van der Waals surface area (Å²) in [6, 6.07) is 15.9. The van der Waals surface area contributed by atoms with Crippen LogP contribution >= 0.6 is 15.9 Å². The number of esters is 1. The van der Waals surface area contributed by atoms with Crippen LogP contribution in [0.1, 0.15) is 74.8 Å². The zero-order chi connectivity index (χ0) is 25.2. The fraction of sp³-hybridized carbons (Fsp3) is 0.433. The van der Waals surface area contributed by atoms with E-state index < -0.39 is 11.8 Å². The molecule has 0 radical (unpaired) electrons. The van der Waals surface area contributed by atoms with Crippen LogP contribution in [0, 0.1) is 5.92 Å². The smallest absolute Gasteiger partial charge is 0.315 e. The molecule has 3 atom stereocenters. The molecule has 0 bridgehead atoms. The highest BCUT2D eigenvalue weighted by Crippen LogP contribution is 2.48. The molecule has 0 saturated heterocycles. The van der Waals surface area contributed by atoms with Crippen LogP contribution < -0.4 is 4.74 Å². The molecule has 1 aliphatic heterocycles. The average molecular weight is 550 g/mol. The lowest BCUT2D eigenvalue weighted by Gasteiger charge is -2.37. The number of methoxy groups -OCH3 is 1. The Morgan fingerprint density at radius 1 is 1.00 bits per heavy atom. The van der Waals surface area contributed by atoms with Crippen molar-refractivity contribution in [3.63, 3.8) is 0 Å². The number of Topliss-reactive ketones (excluding diaryl/α,β-unsaturated/α-hetero) is 1. The monoisotopic (exact) mass is 549 g/mol. The molecule has 188 valence electrons. The maximum atomic E-state index is 13.8. The molecule has 1 fully saturated rings. The number of hydrogen-bond acceptors (Lipinski definition) is 5. The van der Waals surface area contributed by atoms with Gasteiger partial charge in [-0.25, -0.2) is 0 Å². The molecule has 0 spiro atoms. The fourth-order valence-electron chi connectivity index (χ4n) is 5.98. The van der Waals surface area contributed by atoms with E-state index in [0.717, 1.165) is 47.0 Å². The molecule has 5 rings (SSSR count). The van der Waals surface area contributed by atoms with Gasteiger partial charge in [0.15, 0.2) is 5.78 Å². The molecule has 2 aromatic carbocycles. The van der Waals surface area contributed by atoms with Crippen LogP contribution in [-0.2, 0) is 14.3 Å². The third-order valence-electron chi connectivity index (χ3n) is 7.78. The number of nitrogens with zero attached hydrogens (tertiary/aromatic N) is 1. The first-order chi connectivity index (χ1) is 17.5. The van der Waals surface area contributed by atoms with Crippen LogP contribution in [0.2, 0.25) is 0 Å². The van der Waals surface area contributed by atoms with Gasteiger partial charge < -0.3 is 9.47 Å². The van der Waals surface area contributed by atoms with Crippen molar-refractivity contribution < 1.29 is 19.1 Å². The quantitative estimate of drug-likeness (QED) is 0.380. The molecular weight excluding hydrogens is 518 g/mol. The summed E-state index contributed by atoms with van der Waals surface area (Å²) < 4.78 is 12.3. The van der Waals surface area contributed by atoms with Crippen molar-refractivity contribution in [2.75, 3.05) is 7.11 Å². The van der Waals surface area contributed by atoms with Gasteiger partial charge in [0, 0.05) is 29.3 Å². The molecule has 1 unspecified atom stereocenters. The first-order valence-corrected chi connectivity index (χ1v) is 13.7. The van der Waals surface area contributed by atoms with Gasteiger partial charge in [-0.2, -0.15) is 0 Å². The summed E-state index contributed by atoms with van der Waals surface area (Å²) >= 11 is 3.60. The van der Waals surface area contributed by atoms with E-state index in [1.165, 1.54) is 6.42 Å². The SMILES string of the molecule is COc1ccc([C@H]2C3=C(C[C@H](c4ccccc4)CC3=O)N=C(C)C2C(=O)OC2CCCCC2)cc1Br. The van der Waals surface area contributed by atoms with Gasteiger partial charge >= 0.3 is 5.97 Å². The van der Waals surface area contributed by atoms with E-state index in [1.807, 2.05) is 43.3 Å². The summed E-state index contributed by atoms with van der Waals surface area (Å²) in [5, 5.41) is 0. The number of hydrogen-bond donors (Lipinski definition) is 0. The minimum atomic E-state index is -0.622. The second-order valence-electron chi connectivity index (χ2n) is 10.1. The lowest BCUT2D eigenvalue weighted by atomic mass is 9.69. The standard InChI is InChI=1S/C30H32BrNO4/c1-18-27(30(34)36-22-11-7-4-8-12-22)28(20-13-14-26(35-2)23(31)15-20)29-24(32-18)16-21(17-25(29)33)19-9-5-3-6-10-19/h3,5-6,9-10,13-15,21-22,27-28H,4,7-8,11-12,16-17H2,1-2H3/t21-,27?,28+/m0/s1. The molecule has 0 aromatic heterocycles. The van der Waals surface area contributed by atoms with Crippen LogP contribution in [0.3, 0.4) is 0 Å². The van der Waals surface area contributed by atoms with Gasteiger partial charge in [-0.05, 0) is 84.1 Å². The second-order valence-corrected chi connectivity index (χ2v) is 11.0. The number of allylic oxidation sites excluding steroid dienone is 2. The first kappa shape index (κ1) is 24.9. The van der Waals surface area contributed by atoms with Crippen LogP contribution in [0.4, 0.5) is 0 Å². The summed E-state index contributed by atoms with van der Waals surface area (Å²) in [6.45, 7) is 1.90. The molecular formula is C30H32BrNO4. The Balaban J connectivity index is 1.55. The van der Waals surface area contributed by atoms with E-state index >= 15 is 0 Å². The van der Waals surface area contributed by atoms with Gasteiger partial charge in [0.25, 0.3) is 0 Å². The maximum absolute atomic E-state index is 13.8. The van der Waals surface area contributed by atoms with Gasteiger partial charge in [0.1, 0.15) is 17.8 Å². The number of aliphatic imine (C=N–C) groups is 1. The predicted octanol–water partition coefficient (Wildman–Crippen LogP) is 6.91. The molecule has 36 heavy (non-hydrogen) atoms. The van der Waals surface area contributed by atoms with Gasteiger partial charge in [-0.15, -0.1) is 0 Å². The summed E-state index contributed by atoms with van der Waals surface area (Å²) in [5.74, 6) is -0.473. The Bertz CT molecular complexity index is 1210. The summed E-state index contributed by atoms with van der Waals surface area (Å²) in [5.41, 5.74) is 4.22. The van der Waals surface area contributed by atoms with Gasteiger partial charge in [0.05, 0.1) is 11.6 Å². The van der Waals surface area contributed by atoms with E-state index in [1.54, 1.807) is 7.11 Å². The highest BCUT2D eigenvalue weighted by molar-refractivity contribution is 9.10. The maximum Gasteiger partial charge on any atom is 0.315 e. The predicted molar refractivity (Wildman–Crippen MR) is 143 cm³/mol. The number of carbonyl (C=O) groups is 2. The van der Waals surface area contributed by atoms with Crippen LogP contribution in [0.25, 0.3) is 0 Å². The van der Waals surface area contributed by atoms with Crippen LogP contribution in [-0.4, -0.2) is 30.7 Å². The number of benzene rings is 2. The van der Waals surface area contributed by atoms with Crippen LogP contribution in [0.15, 0.2) is 69.3 Å². The van der Waals surface area contributed by atoms with Crippen molar-refractivity contribution in [3.05, 3.63) is 75.4 Å². The number of halogens is 1. The van der Waals surface area contributed by atoms with Crippen LogP contribution in [0.5, 0.6) is 5.75 Å². The third-order valence-corrected chi connectivity index (χ3v) is 8.40. The van der Waals surface area contributed by atoms with Gasteiger partial charge in [-0.3, -0.25) is 14.6 Å². The lowest BCUT2D eigenvalue weighted by Crippen LogP contribution is -2.39. The van der Waals surface area contributed by atoms with E-state index in [9.17, 15) is 9.59 Å². The Morgan fingerprint density at radius 3 is 2.44 bits per heavy atom. The minimum Gasteiger partial charge on any atom is -0.496 e. The topological polar surface area (TPSA) is 65.0 Å². The Labute approximate surface area is 221 Å². The molecule has 2 aliphatic carbocycles. The third kappa shape index (κ3) is 4.93. The van der Waals surface area contributed by atoms with Crippen molar-refractivity contribution in [1.29, 1.82) is 0 Å². The van der Waals surface area contributed by atoms with E-state index in [2.05, 4.69) is 28.1 Å². The fourth-order valence-corrected chi connectivity index (χ4v) is 6.54. The molecule has 3 aliphatic rings. The Morgan fingerprint density at radius 2 is 1.75 bits per heavy atom. The van der Waals surface area contributed by atoms with Crippen molar-refractivity contribution >= 4 is 33.4 Å². The highest BCUT2D eigenvalue weighted by Gasteiger charge is 2.45. The number of carbonyl (C=O) groups excluding carboxylic acids is 2. The number of ketones is 1. The molecule has 6 heteroatoms. The average Bonchev–Trinajstić information content (AvgIpc) is 2.88. The molecule has 2 aromatic rings. The zero-order valence-electron chi connectivity index (χ0n) is 20.8. The van der Waals surface area contributed by atoms with Gasteiger partial charge in [-0.1, -0.05) is 42.8 Å². The van der Waals surface area contributed by atoms with Crippen molar-refractivity contribution in [2.24, 2.45) is 10.9 Å². The summed E-state index contributed by atoms with van der Waals surface area (Å²) in [6.07, 6.45) is 6.20. The van der Waals surface area contributed by atoms with E-state index in [0.29, 0.717) is 29.9 Å². The number of rotatable bonds is 5.